The van der Waals surface area contributed by atoms with E-state index in [2.05, 4.69) is 63.2 Å². The van der Waals surface area contributed by atoms with Crippen molar-refractivity contribution < 1.29 is 0 Å². The van der Waals surface area contributed by atoms with Crippen molar-refractivity contribution in [3.8, 4) is 0 Å². The molecule has 0 unspecified atom stereocenters. The highest BCUT2D eigenvalue weighted by molar-refractivity contribution is 5.58. The first-order valence-corrected chi connectivity index (χ1v) is 6.92. The van der Waals surface area contributed by atoms with Gasteiger partial charge in [0.2, 0.25) is 0 Å². The number of fused-ring (bicyclic) bond motifs is 1. The van der Waals surface area contributed by atoms with Gasteiger partial charge >= 0.3 is 0 Å². The lowest BCUT2D eigenvalue weighted by molar-refractivity contribution is 0.775. The molecule has 2 heterocycles. The van der Waals surface area contributed by atoms with Gasteiger partial charge in [-0.05, 0) is 29.4 Å². The van der Waals surface area contributed by atoms with Crippen molar-refractivity contribution in [1.29, 1.82) is 0 Å². The molecule has 0 atom stereocenters. The van der Waals surface area contributed by atoms with Crippen molar-refractivity contribution in [2.45, 2.75) is 59.3 Å². The number of aromatic nitrogens is 2. The Kier molecular flexibility index (Phi) is 3.47. The van der Waals surface area contributed by atoms with Crippen LogP contribution in [0, 0.1) is 0 Å². The minimum atomic E-state index is 0.472. The van der Waals surface area contributed by atoms with Gasteiger partial charge in [-0.15, -0.1) is 0 Å². The van der Waals surface area contributed by atoms with E-state index >= 15 is 0 Å². The Balaban J connectivity index is 2.71. The van der Waals surface area contributed by atoms with E-state index in [9.17, 15) is 0 Å². The van der Waals surface area contributed by atoms with Gasteiger partial charge in [-0.2, -0.15) is 0 Å². The molecule has 2 nitrogen and oxygen atoms in total. The van der Waals surface area contributed by atoms with Crippen LogP contribution in [0.2, 0.25) is 0 Å². The van der Waals surface area contributed by atoms with Crippen molar-refractivity contribution in [2.24, 2.45) is 0 Å². The lowest BCUT2D eigenvalue weighted by Crippen LogP contribution is -2.00. The Morgan fingerprint density at radius 1 is 0.944 bits per heavy atom. The number of hydrogen-bond donors (Lipinski definition) is 0. The standard InChI is InChI=1S/C16H24N2/c1-10(2)13-7-15(12(5)6)18-9-14(11(3)4)17-8-16(13)18/h7-12H,1-6H3. The molecular formula is C16H24N2. The number of rotatable bonds is 3. The zero-order valence-corrected chi connectivity index (χ0v) is 12.4. The summed E-state index contributed by atoms with van der Waals surface area (Å²) in [5, 5.41) is 0. The quantitative estimate of drug-likeness (QED) is 0.764. The van der Waals surface area contributed by atoms with Crippen LogP contribution in [-0.4, -0.2) is 9.38 Å². The summed E-state index contributed by atoms with van der Waals surface area (Å²) in [6.07, 6.45) is 4.25. The van der Waals surface area contributed by atoms with Crippen LogP contribution in [-0.2, 0) is 0 Å². The normalized spacial score (nSPS) is 12.3. The highest BCUT2D eigenvalue weighted by Crippen LogP contribution is 2.29. The smallest absolute Gasteiger partial charge is 0.0671 e. The fourth-order valence-corrected chi connectivity index (χ4v) is 2.37. The average molecular weight is 244 g/mol. The first-order chi connectivity index (χ1) is 8.41. The van der Waals surface area contributed by atoms with Crippen molar-refractivity contribution in [2.75, 3.05) is 0 Å². The predicted octanol–water partition coefficient (Wildman–Crippen LogP) is 4.70. The monoisotopic (exact) mass is 244 g/mol. The van der Waals surface area contributed by atoms with E-state index < -0.39 is 0 Å². The molecule has 0 aromatic carbocycles. The second kappa shape index (κ2) is 4.75. The molecule has 2 aromatic heterocycles. The molecule has 0 aliphatic rings. The summed E-state index contributed by atoms with van der Waals surface area (Å²) in [5.74, 6) is 1.55. The molecule has 2 heteroatoms. The topological polar surface area (TPSA) is 17.3 Å². The van der Waals surface area contributed by atoms with Gasteiger partial charge in [0.1, 0.15) is 0 Å². The molecule has 0 N–H and O–H groups in total. The van der Waals surface area contributed by atoms with Crippen LogP contribution in [0.3, 0.4) is 0 Å². The minimum Gasteiger partial charge on any atom is -0.317 e. The van der Waals surface area contributed by atoms with E-state index in [0.717, 1.165) is 5.69 Å². The van der Waals surface area contributed by atoms with E-state index in [1.165, 1.54) is 16.8 Å². The summed E-state index contributed by atoms with van der Waals surface area (Å²) in [7, 11) is 0. The van der Waals surface area contributed by atoms with Crippen LogP contribution in [0.5, 0.6) is 0 Å². The summed E-state index contributed by atoms with van der Waals surface area (Å²) in [6, 6.07) is 2.34. The van der Waals surface area contributed by atoms with Gasteiger partial charge in [-0.1, -0.05) is 41.5 Å². The summed E-state index contributed by atoms with van der Waals surface area (Å²) in [4.78, 5) is 4.60. The Morgan fingerprint density at radius 2 is 1.61 bits per heavy atom. The Morgan fingerprint density at radius 3 is 2.11 bits per heavy atom. The third-order valence-corrected chi connectivity index (χ3v) is 3.54. The summed E-state index contributed by atoms with van der Waals surface area (Å²) < 4.78 is 2.34. The van der Waals surface area contributed by atoms with Gasteiger partial charge in [0.05, 0.1) is 17.4 Å². The minimum absolute atomic E-state index is 0.472. The molecule has 0 aliphatic heterocycles. The second-order valence-electron chi connectivity index (χ2n) is 6.06. The molecule has 0 saturated heterocycles. The molecule has 2 aromatic rings. The predicted molar refractivity (Wildman–Crippen MR) is 77.5 cm³/mol. The highest BCUT2D eigenvalue weighted by Gasteiger charge is 2.15. The summed E-state index contributed by atoms with van der Waals surface area (Å²) in [6.45, 7) is 13.4. The maximum atomic E-state index is 4.60. The van der Waals surface area contributed by atoms with Crippen LogP contribution in [0.15, 0.2) is 18.5 Å². The van der Waals surface area contributed by atoms with Gasteiger partial charge < -0.3 is 4.40 Å². The zero-order chi connectivity index (χ0) is 13.4. The maximum Gasteiger partial charge on any atom is 0.0671 e. The molecular weight excluding hydrogens is 220 g/mol. The zero-order valence-electron chi connectivity index (χ0n) is 12.4. The second-order valence-corrected chi connectivity index (χ2v) is 6.06. The Bertz CT molecular complexity index is 547. The molecule has 0 spiro atoms. The molecule has 0 aliphatic carbocycles. The fourth-order valence-electron chi connectivity index (χ4n) is 2.37. The highest BCUT2D eigenvalue weighted by atomic mass is 14.9. The van der Waals surface area contributed by atoms with Crippen LogP contribution in [0.4, 0.5) is 0 Å². The molecule has 0 saturated carbocycles. The lowest BCUT2D eigenvalue weighted by Gasteiger charge is -2.10. The molecule has 0 radical (unpaired) electrons. The van der Waals surface area contributed by atoms with Gasteiger partial charge in [0, 0.05) is 11.9 Å². The van der Waals surface area contributed by atoms with Gasteiger partial charge in [0.25, 0.3) is 0 Å². The van der Waals surface area contributed by atoms with Gasteiger partial charge in [-0.25, -0.2) is 0 Å². The van der Waals surface area contributed by atoms with E-state index in [0.29, 0.717) is 17.8 Å². The van der Waals surface area contributed by atoms with Crippen LogP contribution >= 0.6 is 0 Å². The maximum absolute atomic E-state index is 4.60. The molecule has 2 rings (SSSR count). The molecule has 98 valence electrons. The molecule has 0 amide bonds. The van der Waals surface area contributed by atoms with Crippen molar-refractivity contribution in [3.63, 3.8) is 0 Å². The third-order valence-electron chi connectivity index (χ3n) is 3.54. The SMILES string of the molecule is CC(C)c1cn2c(C(C)C)cc(C(C)C)c2cn1. The first-order valence-electron chi connectivity index (χ1n) is 6.92. The van der Waals surface area contributed by atoms with Crippen molar-refractivity contribution in [1.82, 2.24) is 9.38 Å². The lowest BCUT2D eigenvalue weighted by atomic mass is 10.0. The van der Waals surface area contributed by atoms with Crippen LogP contribution in [0.25, 0.3) is 5.52 Å². The van der Waals surface area contributed by atoms with Crippen molar-refractivity contribution in [3.05, 3.63) is 35.4 Å². The first kappa shape index (κ1) is 13.1. The van der Waals surface area contributed by atoms with Crippen molar-refractivity contribution >= 4 is 5.52 Å². The molecule has 0 fully saturated rings. The van der Waals surface area contributed by atoms with E-state index in [4.69, 9.17) is 0 Å². The largest absolute Gasteiger partial charge is 0.317 e. The van der Waals surface area contributed by atoms with Gasteiger partial charge in [0.15, 0.2) is 0 Å². The van der Waals surface area contributed by atoms with E-state index in [1.807, 2.05) is 6.20 Å². The number of hydrogen-bond acceptors (Lipinski definition) is 1. The van der Waals surface area contributed by atoms with Gasteiger partial charge in [-0.3, -0.25) is 4.98 Å². The summed E-state index contributed by atoms with van der Waals surface area (Å²) >= 11 is 0. The fraction of sp³-hybridized carbons (Fsp3) is 0.562. The Labute approximate surface area is 110 Å². The average Bonchev–Trinajstić information content (AvgIpc) is 2.67. The summed E-state index contributed by atoms with van der Waals surface area (Å²) in [5.41, 5.74) is 5.22. The van der Waals surface area contributed by atoms with Crippen LogP contribution < -0.4 is 0 Å². The molecule has 18 heavy (non-hydrogen) atoms. The van der Waals surface area contributed by atoms with E-state index in [-0.39, 0.29) is 0 Å². The molecule has 0 bridgehead atoms. The number of nitrogens with zero attached hydrogens (tertiary/aromatic N) is 2. The van der Waals surface area contributed by atoms with E-state index in [1.54, 1.807) is 0 Å². The van der Waals surface area contributed by atoms with Crippen LogP contribution in [0.1, 0.15) is 76.2 Å². The Hall–Kier alpha value is -1.31. The third kappa shape index (κ3) is 2.16.